The van der Waals surface area contributed by atoms with E-state index in [9.17, 15) is 4.79 Å². The predicted molar refractivity (Wildman–Crippen MR) is 72.3 cm³/mol. The molecule has 1 unspecified atom stereocenters. The fourth-order valence-corrected chi connectivity index (χ4v) is 4.01. The van der Waals surface area contributed by atoms with E-state index in [1.54, 1.807) is 0 Å². The Morgan fingerprint density at radius 1 is 0.944 bits per heavy atom. The zero-order valence-electron chi connectivity index (χ0n) is 11.4. The molecule has 1 aliphatic heterocycles. The van der Waals surface area contributed by atoms with E-state index in [0.29, 0.717) is 17.9 Å². The first kappa shape index (κ1) is 12.5. The molecule has 3 heteroatoms. The van der Waals surface area contributed by atoms with E-state index in [2.05, 4.69) is 10.2 Å². The first-order valence-corrected chi connectivity index (χ1v) is 7.87. The second-order valence-electron chi connectivity index (χ2n) is 6.41. The van der Waals surface area contributed by atoms with Crippen LogP contribution >= 0.6 is 0 Å². The Kier molecular flexibility index (Phi) is 3.88. The molecule has 0 aromatic carbocycles. The van der Waals surface area contributed by atoms with E-state index in [1.165, 1.54) is 45.1 Å². The van der Waals surface area contributed by atoms with Gasteiger partial charge in [-0.1, -0.05) is 25.7 Å². The molecule has 3 aliphatic rings. The van der Waals surface area contributed by atoms with Crippen LogP contribution in [0.4, 0.5) is 0 Å². The highest BCUT2D eigenvalue weighted by atomic mass is 16.2. The Hall–Kier alpha value is -0.570. The Morgan fingerprint density at radius 3 is 2.33 bits per heavy atom. The summed E-state index contributed by atoms with van der Waals surface area (Å²) >= 11 is 0. The van der Waals surface area contributed by atoms with Crippen LogP contribution in [0.5, 0.6) is 0 Å². The number of carbonyl (C=O) groups excluding carboxylic acids is 1. The van der Waals surface area contributed by atoms with Crippen LogP contribution in [-0.4, -0.2) is 36.0 Å². The molecule has 1 atom stereocenters. The van der Waals surface area contributed by atoms with E-state index in [1.807, 2.05) is 0 Å². The summed E-state index contributed by atoms with van der Waals surface area (Å²) in [6.07, 6.45) is 11.5. The van der Waals surface area contributed by atoms with E-state index in [0.717, 1.165) is 31.8 Å². The molecule has 0 aromatic heterocycles. The maximum absolute atomic E-state index is 12.1. The SMILES string of the molecule is O=C(NC1CCN(C2CCCC2)C1)C1CCCC1. The van der Waals surface area contributed by atoms with Crippen LogP contribution in [-0.2, 0) is 4.79 Å². The molecular formula is C15H26N2O. The summed E-state index contributed by atoms with van der Waals surface area (Å²) in [5, 5.41) is 3.29. The first-order valence-electron chi connectivity index (χ1n) is 7.87. The quantitative estimate of drug-likeness (QED) is 0.833. The fourth-order valence-electron chi connectivity index (χ4n) is 4.01. The van der Waals surface area contributed by atoms with Gasteiger partial charge in [-0.05, 0) is 32.1 Å². The van der Waals surface area contributed by atoms with Gasteiger partial charge in [0.1, 0.15) is 0 Å². The molecule has 0 bridgehead atoms. The Bertz CT molecular complexity index is 293. The molecule has 1 heterocycles. The van der Waals surface area contributed by atoms with Gasteiger partial charge in [0.15, 0.2) is 0 Å². The van der Waals surface area contributed by atoms with Crippen molar-refractivity contribution in [3.05, 3.63) is 0 Å². The molecular weight excluding hydrogens is 224 g/mol. The van der Waals surface area contributed by atoms with Crippen LogP contribution in [0.15, 0.2) is 0 Å². The number of rotatable bonds is 3. The van der Waals surface area contributed by atoms with Crippen molar-refractivity contribution in [3.8, 4) is 0 Å². The molecule has 3 fully saturated rings. The molecule has 1 amide bonds. The molecule has 0 spiro atoms. The average molecular weight is 250 g/mol. The van der Waals surface area contributed by atoms with Crippen molar-refractivity contribution in [1.29, 1.82) is 0 Å². The molecule has 2 aliphatic carbocycles. The minimum Gasteiger partial charge on any atom is -0.352 e. The molecule has 1 saturated heterocycles. The highest BCUT2D eigenvalue weighted by Crippen LogP contribution is 2.28. The van der Waals surface area contributed by atoms with Crippen molar-refractivity contribution < 1.29 is 4.79 Å². The number of hydrogen-bond donors (Lipinski definition) is 1. The van der Waals surface area contributed by atoms with E-state index in [-0.39, 0.29) is 0 Å². The normalized spacial score (nSPS) is 31.2. The second kappa shape index (κ2) is 5.60. The minimum absolute atomic E-state index is 0.325. The summed E-state index contributed by atoms with van der Waals surface area (Å²) in [7, 11) is 0. The number of nitrogens with zero attached hydrogens (tertiary/aromatic N) is 1. The number of carbonyl (C=O) groups is 1. The smallest absolute Gasteiger partial charge is 0.223 e. The number of likely N-dealkylation sites (tertiary alicyclic amines) is 1. The van der Waals surface area contributed by atoms with Crippen molar-refractivity contribution in [1.82, 2.24) is 10.2 Å². The second-order valence-corrected chi connectivity index (χ2v) is 6.41. The monoisotopic (exact) mass is 250 g/mol. The number of amides is 1. The lowest BCUT2D eigenvalue weighted by Crippen LogP contribution is -2.41. The van der Waals surface area contributed by atoms with Crippen molar-refractivity contribution in [2.45, 2.75) is 69.9 Å². The van der Waals surface area contributed by atoms with Crippen molar-refractivity contribution >= 4 is 5.91 Å². The van der Waals surface area contributed by atoms with E-state index in [4.69, 9.17) is 0 Å². The average Bonchev–Trinajstić information content (AvgIpc) is 3.12. The Labute approximate surface area is 110 Å². The van der Waals surface area contributed by atoms with Gasteiger partial charge in [-0.25, -0.2) is 0 Å². The topological polar surface area (TPSA) is 32.3 Å². The fraction of sp³-hybridized carbons (Fsp3) is 0.933. The van der Waals surface area contributed by atoms with Crippen LogP contribution < -0.4 is 5.32 Å². The van der Waals surface area contributed by atoms with Crippen molar-refractivity contribution in [2.75, 3.05) is 13.1 Å². The molecule has 0 radical (unpaired) electrons. The summed E-state index contributed by atoms with van der Waals surface area (Å²) in [4.78, 5) is 14.7. The minimum atomic E-state index is 0.325. The predicted octanol–water partition coefficient (Wildman–Crippen LogP) is 2.31. The number of nitrogens with one attached hydrogen (secondary N) is 1. The Morgan fingerprint density at radius 2 is 1.61 bits per heavy atom. The molecule has 2 saturated carbocycles. The van der Waals surface area contributed by atoms with Gasteiger partial charge in [-0.15, -0.1) is 0 Å². The van der Waals surface area contributed by atoms with Gasteiger partial charge in [0.05, 0.1) is 0 Å². The first-order chi connectivity index (χ1) is 8.83. The van der Waals surface area contributed by atoms with Gasteiger partial charge in [-0.3, -0.25) is 9.69 Å². The third kappa shape index (κ3) is 2.71. The standard InChI is InChI=1S/C15H26N2O/c18-15(12-5-1-2-6-12)16-13-9-10-17(11-13)14-7-3-4-8-14/h12-14H,1-11H2,(H,16,18). The highest BCUT2D eigenvalue weighted by Gasteiger charge is 2.32. The van der Waals surface area contributed by atoms with E-state index >= 15 is 0 Å². The third-order valence-electron chi connectivity index (χ3n) is 5.13. The maximum Gasteiger partial charge on any atom is 0.223 e. The van der Waals surface area contributed by atoms with Gasteiger partial charge in [0, 0.05) is 31.1 Å². The molecule has 0 aromatic rings. The van der Waals surface area contributed by atoms with Gasteiger partial charge in [0.25, 0.3) is 0 Å². The lowest BCUT2D eigenvalue weighted by molar-refractivity contribution is -0.125. The van der Waals surface area contributed by atoms with Gasteiger partial charge < -0.3 is 5.32 Å². The zero-order valence-corrected chi connectivity index (χ0v) is 11.4. The lowest BCUT2D eigenvalue weighted by Gasteiger charge is -2.23. The lowest BCUT2D eigenvalue weighted by atomic mass is 10.1. The van der Waals surface area contributed by atoms with Gasteiger partial charge >= 0.3 is 0 Å². The summed E-state index contributed by atoms with van der Waals surface area (Å²) in [6, 6.07) is 1.25. The summed E-state index contributed by atoms with van der Waals surface area (Å²) in [6.45, 7) is 2.30. The summed E-state index contributed by atoms with van der Waals surface area (Å²) < 4.78 is 0. The highest BCUT2D eigenvalue weighted by molar-refractivity contribution is 5.79. The molecule has 18 heavy (non-hydrogen) atoms. The molecule has 1 N–H and O–H groups in total. The molecule has 3 nitrogen and oxygen atoms in total. The number of hydrogen-bond acceptors (Lipinski definition) is 2. The molecule has 102 valence electrons. The summed E-state index contributed by atoms with van der Waals surface area (Å²) in [5.74, 6) is 0.663. The Balaban J connectivity index is 1.45. The van der Waals surface area contributed by atoms with E-state index < -0.39 is 0 Å². The third-order valence-corrected chi connectivity index (χ3v) is 5.13. The van der Waals surface area contributed by atoms with Crippen LogP contribution in [0.1, 0.15) is 57.8 Å². The molecule has 3 rings (SSSR count). The van der Waals surface area contributed by atoms with Crippen molar-refractivity contribution in [3.63, 3.8) is 0 Å². The van der Waals surface area contributed by atoms with Crippen molar-refractivity contribution in [2.24, 2.45) is 5.92 Å². The van der Waals surface area contributed by atoms with Crippen LogP contribution in [0.3, 0.4) is 0 Å². The largest absolute Gasteiger partial charge is 0.352 e. The van der Waals surface area contributed by atoms with Gasteiger partial charge in [0.2, 0.25) is 5.91 Å². The summed E-state index contributed by atoms with van der Waals surface area (Å²) in [5.41, 5.74) is 0. The zero-order chi connectivity index (χ0) is 12.4. The van der Waals surface area contributed by atoms with Crippen LogP contribution in [0, 0.1) is 5.92 Å². The van der Waals surface area contributed by atoms with Gasteiger partial charge in [-0.2, -0.15) is 0 Å². The van der Waals surface area contributed by atoms with Crippen LogP contribution in [0.25, 0.3) is 0 Å². The van der Waals surface area contributed by atoms with Crippen LogP contribution in [0.2, 0.25) is 0 Å². The maximum atomic E-state index is 12.1.